The molecule has 0 saturated carbocycles. The first kappa shape index (κ1) is 9.98. The summed E-state index contributed by atoms with van der Waals surface area (Å²) in [6.07, 6.45) is 1.53. The molecule has 5 heteroatoms. The Labute approximate surface area is 92.7 Å². The number of nitrogens with two attached hydrogens (primary N) is 1. The van der Waals surface area contributed by atoms with Crippen LogP contribution in [0.5, 0.6) is 0 Å². The minimum atomic E-state index is 0.555. The lowest BCUT2D eigenvalue weighted by molar-refractivity contribution is 0.666. The summed E-state index contributed by atoms with van der Waals surface area (Å²) in [5.41, 5.74) is 7.21. The Balaban J connectivity index is 2.50. The smallest absolute Gasteiger partial charge is 0.158 e. The zero-order valence-electron chi connectivity index (χ0n) is 8.31. The minimum Gasteiger partial charge on any atom is -0.398 e. The molecule has 78 valence electrons. The molecule has 0 fully saturated rings. The monoisotopic (exact) mass is 222 g/mol. The summed E-state index contributed by atoms with van der Waals surface area (Å²) in [6.45, 7) is 2.79. The average Bonchev–Trinajstić information content (AvgIpc) is 2.70. The Morgan fingerprint density at radius 3 is 2.93 bits per heavy atom. The first-order valence-electron chi connectivity index (χ1n) is 4.65. The summed E-state index contributed by atoms with van der Waals surface area (Å²) in [5, 5.41) is 4.65. The number of benzene rings is 1. The number of hydrogen-bond donors (Lipinski definition) is 1. The van der Waals surface area contributed by atoms with Gasteiger partial charge in [0.1, 0.15) is 6.33 Å². The summed E-state index contributed by atoms with van der Waals surface area (Å²) >= 11 is 5.85. The SMILES string of the molecule is CCn1ncnc1-c1ccc(Cl)c(N)c1. The summed E-state index contributed by atoms with van der Waals surface area (Å²) in [5.74, 6) is 0.806. The van der Waals surface area contributed by atoms with Crippen LogP contribution >= 0.6 is 11.6 Å². The highest BCUT2D eigenvalue weighted by atomic mass is 35.5. The fraction of sp³-hybridized carbons (Fsp3) is 0.200. The first-order chi connectivity index (χ1) is 7.22. The van der Waals surface area contributed by atoms with Crippen LogP contribution in [0.1, 0.15) is 6.92 Å². The molecule has 0 atom stereocenters. The Hall–Kier alpha value is -1.55. The second kappa shape index (κ2) is 3.90. The topological polar surface area (TPSA) is 56.7 Å². The van der Waals surface area contributed by atoms with Gasteiger partial charge >= 0.3 is 0 Å². The molecule has 0 aliphatic heterocycles. The molecule has 0 aliphatic rings. The zero-order valence-corrected chi connectivity index (χ0v) is 9.07. The second-order valence-corrected chi connectivity index (χ2v) is 3.54. The molecule has 1 heterocycles. The molecule has 1 aromatic carbocycles. The fourth-order valence-corrected chi connectivity index (χ4v) is 1.52. The van der Waals surface area contributed by atoms with Crippen molar-refractivity contribution in [2.45, 2.75) is 13.5 Å². The summed E-state index contributed by atoms with van der Waals surface area (Å²) in [6, 6.07) is 5.45. The van der Waals surface area contributed by atoms with Gasteiger partial charge in [0.15, 0.2) is 5.82 Å². The van der Waals surface area contributed by atoms with Crippen LogP contribution in [0, 0.1) is 0 Å². The van der Waals surface area contributed by atoms with Gasteiger partial charge in [0, 0.05) is 12.1 Å². The Bertz CT molecular complexity index is 478. The average molecular weight is 223 g/mol. The van der Waals surface area contributed by atoms with E-state index in [0.717, 1.165) is 17.9 Å². The number of aryl methyl sites for hydroxylation is 1. The van der Waals surface area contributed by atoms with Gasteiger partial charge in [0.2, 0.25) is 0 Å². The summed E-state index contributed by atoms with van der Waals surface area (Å²) < 4.78 is 1.81. The highest BCUT2D eigenvalue weighted by Crippen LogP contribution is 2.25. The van der Waals surface area contributed by atoms with E-state index in [0.29, 0.717) is 10.7 Å². The minimum absolute atomic E-state index is 0.555. The van der Waals surface area contributed by atoms with Gasteiger partial charge in [-0.25, -0.2) is 9.67 Å². The van der Waals surface area contributed by atoms with Crippen LogP contribution in [0.4, 0.5) is 5.69 Å². The van der Waals surface area contributed by atoms with Crippen LogP contribution in [-0.2, 0) is 6.54 Å². The van der Waals surface area contributed by atoms with Gasteiger partial charge in [-0.15, -0.1) is 0 Å². The van der Waals surface area contributed by atoms with Crippen molar-refractivity contribution in [1.82, 2.24) is 14.8 Å². The molecular formula is C10H11ClN4. The molecule has 2 aromatic rings. The number of nitrogens with zero attached hydrogens (tertiary/aromatic N) is 3. The van der Waals surface area contributed by atoms with Crippen LogP contribution in [0.25, 0.3) is 11.4 Å². The Morgan fingerprint density at radius 1 is 1.47 bits per heavy atom. The molecule has 1 aromatic heterocycles. The van der Waals surface area contributed by atoms with E-state index >= 15 is 0 Å². The molecule has 0 aliphatic carbocycles. The predicted molar refractivity (Wildman–Crippen MR) is 60.6 cm³/mol. The van der Waals surface area contributed by atoms with Gasteiger partial charge in [-0.3, -0.25) is 0 Å². The van der Waals surface area contributed by atoms with Crippen molar-refractivity contribution in [3.05, 3.63) is 29.5 Å². The second-order valence-electron chi connectivity index (χ2n) is 3.14. The van der Waals surface area contributed by atoms with Crippen molar-refractivity contribution in [2.75, 3.05) is 5.73 Å². The third kappa shape index (κ3) is 1.80. The predicted octanol–water partition coefficient (Wildman–Crippen LogP) is 2.20. The molecular weight excluding hydrogens is 212 g/mol. The van der Waals surface area contributed by atoms with Crippen LogP contribution in [-0.4, -0.2) is 14.8 Å². The van der Waals surface area contributed by atoms with Crippen LogP contribution in [0.3, 0.4) is 0 Å². The van der Waals surface area contributed by atoms with Crippen molar-refractivity contribution >= 4 is 17.3 Å². The molecule has 0 saturated heterocycles. The van der Waals surface area contributed by atoms with Crippen LogP contribution < -0.4 is 5.73 Å². The maximum Gasteiger partial charge on any atom is 0.158 e. The van der Waals surface area contributed by atoms with E-state index in [4.69, 9.17) is 17.3 Å². The van der Waals surface area contributed by atoms with E-state index in [1.165, 1.54) is 6.33 Å². The Morgan fingerprint density at radius 2 is 2.27 bits per heavy atom. The molecule has 2 rings (SSSR count). The first-order valence-corrected chi connectivity index (χ1v) is 5.03. The van der Waals surface area contributed by atoms with E-state index in [1.54, 1.807) is 12.1 Å². The number of rotatable bonds is 2. The molecule has 2 N–H and O–H groups in total. The van der Waals surface area contributed by atoms with E-state index in [9.17, 15) is 0 Å². The molecule has 0 unspecified atom stereocenters. The molecule has 15 heavy (non-hydrogen) atoms. The van der Waals surface area contributed by atoms with Crippen molar-refractivity contribution in [3.63, 3.8) is 0 Å². The van der Waals surface area contributed by atoms with Gasteiger partial charge in [-0.2, -0.15) is 5.10 Å². The molecule has 0 amide bonds. The van der Waals surface area contributed by atoms with E-state index < -0.39 is 0 Å². The van der Waals surface area contributed by atoms with Gasteiger partial charge in [-0.1, -0.05) is 11.6 Å². The van der Waals surface area contributed by atoms with Crippen LogP contribution in [0.2, 0.25) is 5.02 Å². The normalized spacial score (nSPS) is 10.5. The van der Waals surface area contributed by atoms with Gasteiger partial charge in [-0.05, 0) is 25.1 Å². The van der Waals surface area contributed by atoms with Gasteiger partial charge in [0.25, 0.3) is 0 Å². The zero-order chi connectivity index (χ0) is 10.8. The van der Waals surface area contributed by atoms with E-state index in [2.05, 4.69) is 10.1 Å². The highest BCUT2D eigenvalue weighted by molar-refractivity contribution is 6.33. The molecule has 0 radical (unpaired) electrons. The number of hydrogen-bond acceptors (Lipinski definition) is 3. The van der Waals surface area contributed by atoms with Crippen LogP contribution in [0.15, 0.2) is 24.5 Å². The number of anilines is 1. The van der Waals surface area contributed by atoms with E-state index in [-0.39, 0.29) is 0 Å². The largest absolute Gasteiger partial charge is 0.398 e. The number of aromatic nitrogens is 3. The number of nitrogen functional groups attached to an aromatic ring is 1. The molecule has 4 nitrogen and oxygen atoms in total. The van der Waals surface area contributed by atoms with Crippen molar-refractivity contribution in [3.8, 4) is 11.4 Å². The lowest BCUT2D eigenvalue weighted by Crippen LogP contribution is -2.00. The fourth-order valence-electron chi connectivity index (χ4n) is 1.40. The maximum absolute atomic E-state index is 5.85. The highest BCUT2D eigenvalue weighted by Gasteiger charge is 2.07. The molecule has 0 spiro atoms. The lowest BCUT2D eigenvalue weighted by Gasteiger charge is -2.04. The quantitative estimate of drug-likeness (QED) is 0.793. The van der Waals surface area contributed by atoms with Gasteiger partial charge < -0.3 is 5.73 Å². The Kier molecular flexibility index (Phi) is 2.60. The van der Waals surface area contributed by atoms with Gasteiger partial charge in [0.05, 0.1) is 10.7 Å². The third-order valence-electron chi connectivity index (χ3n) is 2.17. The summed E-state index contributed by atoms with van der Waals surface area (Å²) in [4.78, 5) is 4.18. The van der Waals surface area contributed by atoms with Crippen molar-refractivity contribution < 1.29 is 0 Å². The van der Waals surface area contributed by atoms with E-state index in [1.807, 2.05) is 17.7 Å². The lowest BCUT2D eigenvalue weighted by atomic mass is 10.2. The summed E-state index contributed by atoms with van der Waals surface area (Å²) in [7, 11) is 0. The maximum atomic E-state index is 5.85. The van der Waals surface area contributed by atoms with Crippen molar-refractivity contribution in [2.24, 2.45) is 0 Å². The third-order valence-corrected chi connectivity index (χ3v) is 2.51. The van der Waals surface area contributed by atoms with Crippen molar-refractivity contribution in [1.29, 1.82) is 0 Å². The molecule has 0 bridgehead atoms. The number of halogens is 1. The standard InChI is InChI=1S/C10H11ClN4/c1-2-15-10(13-6-14-15)7-3-4-8(11)9(12)5-7/h3-6H,2,12H2,1H3.